The number of amides is 1. The van der Waals surface area contributed by atoms with Gasteiger partial charge in [0.25, 0.3) is 0 Å². The van der Waals surface area contributed by atoms with Gasteiger partial charge in [-0.1, -0.05) is 0 Å². The molecule has 0 fully saturated rings. The van der Waals surface area contributed by atoms with Gasteiger partial charge in [-0.15, -0.1) is 0 Å². The van der Waals surface area contributed by atoms with Crippen LogP contribution < -0.4 is 5.32 Å². The number of halogens is 1. The van der Waals surface area contributed by atoms with E-state index < -0.39 is 5.82 Å². The van der Waals surface area contributed by atoms with Crippen LogP contribution in [0.4, 0.5) is 10.1 Å². The lowest BCUT2D eigenvalue weighted by Crippen LogP contribution is -2.29. The van der Waals surface area contributed by atoms with E-state index in [0.717, 1.165) is 11.1 Å². The number of benzene rings is 1. The Morgan fingerprint density at radius 1 is 1.50 bits per heavy atom. The summed E-state index contributed by atoms with van der Waals surface area (Å²) < 4.78 is 16.0. The Morgan fingerprint density at radius 3 is 2.89 bits per heavy atom. The van der Waals surface area contributed by atoms with E-state index in [9.17, 15) is 9.18 Å². The number of nitrogens with zero attached hydrogens (tertiary/aromatic N) is 1. The number of nitrogens with one attached hydrogen (secondary N) is 1. The van der Waals surface area contributed by atoms with Crippen LogP contribution in [0.15, 0.2) is 12.1 Å². The summed E-state index contributed by atoms with van der Waals surface area (Å²) in [5.74, 6) is -0.790. The van der Waals surface area contributed by atoms with Crippen LogP contribution in [0, 0.1) is 12.7 Å². The zero-order valence-electron chi connectivity index (χ0n) is 10.1. The first-order valence-electron chi connectivity index (χ1n) is 5.79. The number of hydrogen-bond acceptors (Lipinski definition) is 2. The highest BCUT2D eigenvalue weighted by molar-refractivity contribution is 6.07. The molecule has 0 bridgehead atoms. The lowest BCUT2D eigenvalue weighted by molar-refractivity contribution is -0.119. The van der Waals surface area contributed by atoms with Crippen LogP contribution >= 0.6 is 0 Å². The summed E-state index contributed by atoms with van der Waals surface area (Å²) in [6.07, 6.45) is 0. The van der Waals surface area contributed by atoms with Gasteiger partial charge in [0.1, 0.15) is 11.7 Å². The molecular formula is C13H13FN2O2. The Morgan fingerprint density at radius 2 is 2.22 bits per heavy atom. The van der Waals surface area contributed by atoms with E-state index in [-0.39, 0.29) is 29.8 Å². The van der Waals surface area contributed by atoms with Crippen molar-refractivity contribution in [1.82, 2.24) is 4.57 Å². The van der Waals surface area contributed by atoms with Crippen LogP contribution in [0.25, 0.3) is 10.9 Å². The minimum Gasteiger partial charge on any atom is -0.392 e. The predicted molar refractivity (Wildman–Crippen MR) is 65.9 cm³/mol. The third-order valence-corrected chi connectivity index (χ3v) is 3.51. The maximum atomic E-state index is 14.1. The van der Waals surface area contributed by atoms with Gasteiger partial charge >= 0.3 is 0 Å². The fraction of sp³-hybridized carbons (Fsp3) is 0.308. The molecule has 1 aliphatic rings. The highest BCUT2D eigenvalue weighted by Crippen LogP contribution is 2.37. The van der Waals surface area contributed by atoms with E-state index >= 15 is 0 Å². The van der Waals surface area contributed by atoms with Gasteiger partial charge in [0.15, 0.2) is 5.82 Å². The highest BCUT2D eigenvalue weighted by atomic mass is 19.1. The number of aromatic nitrogens is 1. The van der Waals surface area contributed by atoms with E-state index in [1.165, 1.54) is 0 Å². The zero-order valence-corrected chi connectivity index (χ0v) is 10.1. The van der Waals surface area contributed by atoms with Crippen molar-refractivity contribution in [1.29, 1.82) is 0 Å². The van der Waals surface area contributed by atoms with Crippen LogP contribution in [0.3, 0.4) is 0 Å². The topological polar surface area (TPSA) is 54.3 Å². The Labute approximate surface area is 103 Å². The molecule has 0 aliphatic carbocycles. The Balaban J connectivity index is 2.47. The molecule has 1 unspecified atom stereocenters. The van der Waals surface area contributed by atoms with Gasteiger partial charge in [-0.25, -0.2) is 4.39 Å². The molecule has 4 nitrogen and oxygen atoms in total. The summed E-state index contributed by atoms with van der Waals surface area (Å²) in [5.41, 5.74) is 1.97. The summed E-state index contributed by atoms with van der Waals surface area (Å²) >= 11 is 0. The largest absolute Gasteiger partial charge is 0.392 e. The van der Waals surface area contributed by atoms with Crippen molar-refractivity contribution in [3.8, 4) is 0 Å². The third kappa shape index (κ3) is 1.25. The quantitative estimate of drug-likeness (QED) is 0.812. The highest BCUT2D eigenvalue weighted by Gasteiger charge is 2.29. The maximum absolute atomic E-state index is 14.1. The molecule has 1 atom stereocenters. The number of aliphatic hydroxyl groups is 1. The van der Waals surface area contributed by atoms with Crippen LogP contribution in [0.2, 0.25) is 0 Å². The number of aryl methyl sites for hydroxylation is 1. The first-order chi connectivity index (χ1) is 8.54. The molecule has 1 aromatic carbocycles. The summed E-state index contributed by atoms with van der Waals surface area (Å²) in [6.45, 7) is 3.28. The molecule has 2 N–H and O–H groups in total. The van der Waals surface area contributed by atoms with E-state index in [2.05, 4.69) is 5.32 Å². The molecule has 0 saturated carbocycles. The van der Waals surface area contributed by atoms with Crippen LogP contribution in [-0.2, 0) is 11.4 Å². The van der Waals surface area contributed by atoms with Crippen molar-refractivity contribution in [2.45, 2.75) is 26.5 Å². The van der Waals surface area contributed by atoms with Gasteiger partial charge in [-0.05, 0) is 26.0 Å². The average Bonchev–Trinajstić information content (AvgIpc) is 2.67. The molecule has 1 amide bonds. The van der Waals surface area contributed by atoms with Crippen molar-refractivity contribution in [2.75, 3.05) is 5.32 Å². The normalized spacial score (nSPS) is 18.2. The van der Waals surface area contributed by atoms with Crippen molar-refractivity contribution in [2.24, 2.45) is 0 Å². The number of rotatable bonds is 1. The summed E-state index contributed by atoms with van der Waals surface area (Å²) in [7, 11) is 0. The molecule has 94 valence electrons. The molecule has 18 heavy (non-hydrogen) atoms. The molecule has 2 aromatic rings. The number of aliphatic hydroxyl groups excluding tert-OH is 1. The average molecular weight is 248 g/mol. The van der Waals surface area contributed by atoms with Gasteiger partial charge in [0.2, 0.25) is 5.91 Å². The summed E-state index contributed by atoms with van der Waals surface area (Å²) in [6, 6.07) is 3.17. The monoisotopic (exact) mass is 248 g/mol. The molecule has 5 heteroatoms. The lowest BCUT2D eigenvalue weighted by atomic mass is 10.1. The zero-order chi connectivity index (χ0) is 13.0. The van der Waals surface area contributed by atoms with E-state index in [0.29, 0.717) is 5.52 Å². The van der Waals surface area contributed by atoms with E-state index in [1.807, 2.05) is 17.6 Å². The van der Waals surface area contributed by atoms with Crippen molar-refractivity contribution < 1.29 is 14.3 Å². The van der Waals surface area contributed by atoms with Crippen LogP contribution in [-0.4, -0.2) is 15.6 Å². The first-order valence-corrected chi connectivity index (χ1v) is 5.79. The summed E-state index contributed by atoms with van der Waals surface area (Å²) in [4.78, 5) is 11.8. The van der Waals surface area contributed by atoms with Gasteiger partial charge in [0.05, 0.1) is 12.1 Å². The fourth-order valence-corrected chi connectivity index (χ4v) is 2.64. The van der Waals surface area contributed by atoms with Gasteiger partial charge < -0.3 is 15.0 Å². The van der Waals surface area contributed by atoms with Crippen molar-refractivity contribution in [3.63, 3.8) is 0 Å². The first kappa shape index (κ1) is 11.2. The second kappa shape index (κ2) is 3.55. The number of carbonyl (C=O) groups excluding carboxylic acids is 1. The van der Waals surface area contributed by atoms with Gasteiger partial charge in [-0.3, -0.25) is 4.79 Å². The molecule has 2 heterocycles. The minimum atomic E-state index is -0.551. The van der Waals surface area contributed by atoms with Crippen molar-refractivity contribution in [3.05, 3.63) is 29.2 Å². The smallest absolute Gasteiger partial charge is 0.247 e. The minimum absolute atomic E-state index is 0.174. The Bertz CT molecular complexity index is 675. The molecule has 0 saturated heterocycles. The van der Waals surface area contributed by atoms with Crippen molar-refractivity contribution >= 4 is 22.5 Å². The second-order valence-electron chi connectivity index (χ2n) is 4.64. The predicted octanol–water partition coefficient (Wildman–Crippen LogP) is 2.09. The van der Waals surface area contributed by atoms with Crippen LogP contribution in [0.5, 0.6) is 0 Å². The SMILES string of the molecule is Cc1cc2cc(CO)c(F)c3c2n1C(C)C(=O)N3. The molecular weight excluding hydrogens is 235 g/mol. The second-order valence-corrected chi connectivity index (χ2v) is 4.64. The molecule has 1 aliphatic heterocycles. The maximum Gasteiger partial charge on any atom is 0.247 e. The summed E-state index contributed by atoms with van der Waals surface area (Å²) in [5, 5.41) is 12.6. The van der Waals surface area contributed by atoms with Crippen LogP contribution in [0.1, 0.15) is 24.2 Å². The van der Waals surface area contributed by atoms with E-state index in [1.54, 1.807) is 13.0 Å². The number of anilines is 1. The molecule has 0 spiro atoms. The number of hydrogen-bond donors (Lipinski definition) is 2. The van der Waals surface area contributed by atoms with Gasteiger partial charge in [-0.2, -0.15) is 0 Å². The number of carbonyl (C=O) groups is 1. The van der Waals surface area contributed by atoms with E-state index in [4.69, 9.17) is 5.11 Å². The fourth-order valence-electron chi connectivity index (χ4n) is 2.64. The van der Waals surface area contributed by atoms with Gasteiger partial charge in [0, 0.05) is 16.6 Å². The Hall–Kier alpha value is -1.88. The third-order valence-electron chi connectivity index (χ3n) is 3.51. The molecule has 3 rings (SSSR count). The standard InChI is InChI=1S/C13H13FN2O2/c1-6-3-8-4-9(5-17)10(14)11-12(8)16(6)7(2)13(18)15-11/h3-4,7,17H,5H2,1-2H3,(H,15,18). The molecule has 1 aromatic heterocycles. The molecule has 0 radical (unpaired) electrons. The lowest BCUT2D eigenvalue weighted by Gasteiger charge is -2.25. The Kier molecular flexibility index (Phi) is 2.22.